The molecule has 1 saturated heterocycles. The van der Waals surface area contributed by atoms with Crippen molar-refractivity contribution >= 4 is 37.7 Å². The lowest BCUT2D eigenvalue weighted by atomic mass is 9.94. The molecular formula is C34H36N8O6S. The maximum absolute atomic E-state index is 13.4. The van der Waals surface area contributed by atoms with Gasteiger partial charge in [0.1, 0.15) is 35.4 Å². The first-order chi connectivity index (χ1) is 23.4. The highest BCUT2D eigenvalue weighted by Gasteiger charge is 2.27. The topological polar surface area (TPSA) is 194 Å². The van der Waals surface area contributed by atoms with Crippen molar-refractivity contribution in [3.8, 4) is 28.1 Å². The molecule has 1 aliphatic heterocycles. The lowest BCUT2D eigenvalue weighted by Crippen LogP contribution is -2.43. The Morgan fingerprint density at radius 1 is 0.980 bits per heavy atom. The number of benzene rings is 2. The second-order valence-electron chi connectivity index (χ2n) is 12.0. The smallest absolute Gasteiger partial charge is 0.343 e. The molecule has 1 unspecified atom stereocenters. The third kappa shape index (κ3) is 7.44. The van der Waals surface area contributed by atoms with Gasteiger partial charge in [0.25, 0.3) is 10.1 Å². The molecule has 0 saturated carbocycles. The molecule has 49 heavy (non-hydrogen) atoms. The van der Waals surface area contributed by atoms with Crippen LogP contribution in [0.2, 0.25) is 0 Å². The zero-order valence-electron chi connectivity index (χ0n) is 27.2. The summed E-state index contributed by atoms with van der Waals surface area (Å²) in [5, 5.41) is 16.8. The Labute approximate surface area is 282 Å². The van der Waals surface area contributed by atoms with Crippen LogP contribution in [0.1, 0.15) is 24.3 Å². The molecule has 254 valence electrons. The molecule has 4 aromatic heterocycles. The molecular weight excluding hydrogens is 648 g/mol. The van der Waals surface area contributed by atoms with E-state index in [-0.39, 0.29) is 11.6 Å². The van der Waals surface area contributed by atoms with Crippen molar-refractivity contribution in [3.63, 3.8) is 0 Å². The van der Waals surface area contributed by atoms with Crippen molar-refractivity contribution in [2.45, 2.75) is 19.5 Å². The van der Waals surface area contributed by atoms with E-state index in [0.29, 0.717) is 39.7 Å². The Balaban J connectivity index is 0.000000778. The highest BCUT2D eigenvalue weighted by molar-refractivity contribution is 7.85. The van der Waals surface area contributed by atoms with Crippen LogP contribution in [0.25, 0.3) is 44.2 Å². The minimum atomic E-state index is -3.67. The molecule has 0 aliphatic carbocycles. The zero-order chi connectivity index (χ0) is 34.9. The van der Waals surface area contributed by atoms with Crippen LogP contribution in [0.5, 0.6) is 5.75 Å². The van der Waals surface area contributed by atoms with Gasteiger partial charge < -0.3 is 20.2 Å². The SMILES string of the molecule is CC(c1oc(=O)c2ccccc2c1-c1cccc(CN2CCN(C)CC2)c1)n1nc(-c2cncc(O)c2)c2c(N)ncnc21.CS(=O)(=O)O. The summed E-state index contributed by atoms with van der Waals surface area (Å²) in [7, 11) is -1.51. The summed E-state index contributed by atoms with van der Waals surface area (Å²) in [5.41, 5.74) is 10.3. The van der Waals surface area contributed by atoms with E-state index in [1.54, 1.807) is 23.0 Å². The van der Waals surface area contributed by atoms with Crippen molar-refractivity contribution < 1.29 is 22.5 Å². The van der Waals surface area contributed by atoms with Crippen LogP contribution in [-0.2, 0) is 16.7 Å². The highest BCUT2D eigenvalue weighted by atomic mass is 32.2. The van der Waals surface area contributed by atoms with Crippen LogP contribution in [-0.4, -0.2) is 92.1 Å². The number of nitrogens with zero attached hydrogens (tertiary/aromatic N) is 7. The number of nitrogens with two attached hydrogens (primary N) is 1. The molecule has 14 nitrogen and oxygen atoms in total. The van der Waals surface area contributed by atoms with Gasteiger partial charge >= 0.3 is 5.63 Å². The maximum Gasteiger partial charge on any atom is 0.343 e. The zero-order valence-corrected chi connectivity index (χ0v) is 28.0. The predicted molar refractivity (Wildman–Crippen MR) is 187 cm³/mol. The minimum Gasteiger partial charge on any atom is -0.506 e. The largest absolute Gasteiger partial charge is 0.506 e. The summed E-state index contributed by atoms with van der Waals surface area (Å²) in [6.07, 6.45) is 5.04. The summed E-state index contributed by atoms with van der Waals surface area (Å²) in [4.78, 5) is 31.0. The fourth-order valence-corrected chi connectivity index (χ4v) is 6.03. The molecule has 6 aromatic rings. The van der Waals surface area contributed by atoms with Crippen LogP contribution in [0.3, 0.4) is 0 Å². The van der Waals surface area contributed by atoms with E-state index in [4.69, 9.17) is 19.8 Å². The van der Waals surface area contributed by atoms with Gasteiger partial charge in [0.2, 0.25) is 0 Å². The first-order valence-electron chi connectivity index (χ1n) is 15.5. The lowest BCUT2D eigenvalue weighted by molar-refractivity contribution is 0.148. The van der Waals surface area contributed by atoms with E-state index >= 15 is 0 Å². The summed E-state index contributed by atoms with van der Waals surface area (Å²) in [6.45, 7) is 6.87. The van der Waals surface area contributed by atoms with E-state index in [2.05, 4.69) is 56.1 Å². The van der Waals surface area contributed by atoms with Gasteiger partial charge in [-0.2, -0.15) is 13.5 Å². The first-order valence-corrected chi connectivity index (χ1v) is 17.3. The van der Waals surface area contributed by atoms with Gasteiger partial charge in [-0.25, -0.2) is 19.4 Å². The Morgan fingerprint density at radius 3 is 2.41 bits per heavy atom. The fourth-order valence-electron chi connectivity index (χ4n) is 6.03. The number of anilines is 1. The van der Waals surface area contributed by atoms with E-state index in [0.717, 1.165) is 49.2 Å². The molecule has 1 fully saturated rings. The predicted octanol–water partition coefficient (Wildman–Crippen LogP) is 3.81. The molecule has 5 heterocycles. The fraction of sp³-hybridized carbons (Fsp3) is 0.265. The van der Waals surface area contributed by atoms with Gasteiger partial charge in [-0.15, -0.1) is 0 Å². The molecule has 2 aromatic carbocycles. The number of fused-ring (bicyclic) bond motifs is 2. The number of piperazine rings is 1. The summed E-state index contributed by atoms with van der Waals surface area (Å²) in [5.74, 6) is 0.684. The average molecular weight is 685 g/mol. The normalized spacial score (nSPS) is 14.9. The van der Waals surface area contributed by atoms with Crippen molar-refractivity contribution in [1.29, 1.82) is 0 Å². The minimum absolute atomic E-state index is 0.00654. The molecule has 7 rings (SSSR count). The molecule has 1 atom stereocenters. The van der Waals surface area contributed by atoms with Crippen LogP contribution in [0.4, 0.5) is 5.82 Å². The Hall–Kier alpha value is -5.22. The second kappa shape index (κ2) is 13.7. The van der Waals surface area contributed by atoms with Gasteiger partial charge in [-0.3, -0.25) is 14.4 Å². The van der Waals surface area contributed by atoms with Crippen molar-refractivity contribution in [1.82, 2.24) is 34.5 Å². The van der Waals surface area contributed by atoms with Crippen LogP contribution >= 0.6 is 0 Å². The molecule has 0 bridgehead atoms. The molecule has 4 N–H and O–H groups in total. The molecule has 15 heteroatoms. The summed E-state index contributed by atoms with van der Waals surface area (Å²) < 4.78 is 33.7. The Bertz CT molecular complexity index is 2310. The van der Waals surface area contributed by atoms with Gasteiger partial charge in [-0.05, 0) is 43.3 Å². The third-order valence-corrected chi connectivity index (χ3v) is 8.34. The molecule has 1 aliphatic rings. The summed E-state index contributed by atoms with van der Waals surface area (Å²) in [6, 6.07) is 16.9. The number of pyridine rings is 1. The Kier molecular flexibility index (Phi) is 9.43. The number of hydrogen-bond donors (Lipinski definition) is 3. The van der Waals surface area contributed by atoms with Crippen LogP contribution in [0, 0.1) is 0 Å². The monoisotopic (exact) mass is 684 g/mol. The number of likely N-dealkylation sites (N-methyl/N-ethyl adjacent to an activating group) is 1. The van der Waals surface area contributed by atoms with Crippen LogP contribution in [0.15, 0.2) is 82.5 Å². The number of hydrogen-bond acceptors (Lipinski definition) is 12. The van der Waals surface area contributed by atoms with E-state index in [9.17, 15) is 18.3 Å². The lowest BCUT2D eigenvalue weighted by Gasteiger charge is -2.32. The molecule has 0 amide bonds. The number of aromatic nitrogens is 5. The van der Waals surface area contributed by atoms with E-state index < -0.39 is 21.8 Å². The van der Waals surface area contributed by atoms with Crippen molar-refractivity contribution in [2.24, 2.45) is 0 Å². The van der Waals surface area contributed by atoms with Gasteiger partial charge in [0.15, 0.2) is 5.65 Å². The number of nitrogen functional groups attached to an aromatic ring is 1. The Morgan fingerprint density at radius 2 is 1.69 bits per heavy atom. The average Bonchev–Trinajstić information content (AvgIpc) is 3.46. The highest BCUT2D eigenvalue weighted by Crippen LogP contribution is 2.38. The van der Waals surface area contributed by atoms with E-state index in [1.165, 1.54) is 18.1 Å². The standard InChI is InChI=1S/C33H32N8O3.CH4O3S/c1-20(41-32-28(31(34)36-19-37-32)29(38-41)23-15-24(42)17-35-16-23)30-27(25-8-3-4-9-26(25)33(43)44-30)22-7-5-6-21(14-22)18-40-12-10-39(2)11-13-40;1-5(2,3)4/h3-9,14-17,19-20,42H,10-13,18H2,1-2H3,(H2,34,36,37);1H3,(H,2,3,4). The number of rotatable bonds is 6. The first kappa shape index (κ1) is 33.7. The summed E-state index contributed by atoms with van der Waals surface area (Å²) >= 11 is 0. The number of aromatic hydroxyl groups is 1. The van der Waals surface area contributed by atoms with Crippen LogP contribution < -0.4 is 11.4 Å². The van der Waals surface area contributed by atoms with Gasteiger partial charge in [0, 0.05) is 55.4 Å². The second-order valence-corrected chi connectivity index (χ2v) is 13.5. The van der Waals surface area contributed by atoms with Crippen molar-refractivity contribution in [2.75, 3.05) is 45.2 Å². The van der Waals surface area contributed by atoms with E-state index in [1.807, 2.05) is 25.1 Å². The van der Waals surface area contributed by atoms with Crippen molar-refractivity contribution in [3.05, 3.63) is 95.1 Å². The quantitative estimate of drug-likeness (QED) is 0.215. The molecule has 0 spiro atoms. The maximum atomic E-state index is 13.4. The van der Waals surface area contributed by atoms with Gasteiger partial charge in [-0.1, -0.05) is 36.4 Å². The third-order valence-electron chi connectivity index (χ3n) is 8.34. The molecule has 0 radical (unpaired) electrons. The van der Waals surface area contributed by atoms with Gasteiger partial charge in [0.05, 0.1) is 23.2 Å².